The van der Waals surface area contributed by atoms with E-state index in [0.29, 0.717) is 23.5 Å². The third kappa shape index (κ3) is 3.05. The van der Waals surface area contributed by atoms with Crippen LogP contribution in [0.4, 0.5) is 5.95 Å². The SMILES string of the molecule is NNc1nccc(OCc2ccccc2Cl)n1. The summed E-state index contributed by atoms with van der Waals surface area (Å²) in [5.41, 5.74) is 3.25. The maximum atomic E-state index is 6.00. The van der Waals surface area contributed by atoms with E-state index in [1.807, 2.05) is 24.3 Å². The number of hydrogen-bond acceptors (Lipinski definition) is 5. The first-order chi connectivity index (χ1) is 8.29. The molecule has 88 valence electrons. The molecule has 0 fully saturated rings. The minimum atomic E-state index is 0.307. The summed E-state index contributed by atoms with van der Waals surface area (Å²) in [4.78, 5) is 7.90. The molecule has 0 unspecified atom stereocenters. The summed E-state index contributed by atoms with van der Waals surface area (Å²) in [5.74, 6) is 5.94. The largest absolute Gasteiger partial charge is 0.473 e. The minimum Gasteiger partial charge on any atom is -0.473 e. The number of anilines is 1. The van der Waals surface area contributed by atoms with Crippen LogP contribution in [0.2, 0.25) is 5.02 Å². The molecule has 0 spiro atoms. The first kappa shape index (κ1) is 11.6. The molecular weight excluding hydrogens is 240 g/mol. The van der Waals surface area contributed by atoms with E-state index in [4.69, 9.17) is 22.2 Å². The summed E-state index contributed by atoms with van der Waals surface area (Å²) in [6.45, 7) is 0.348. The van der Waals surface area contributed by atoms with Gasteiger partial charge >= 0.3 is 0 Å². The molecule has 6 heteroatoms. The second-order valence-corrected chi connectivity index (χ2v) is 3.65. The second kappa shape index (κ2) is 5.47. The number of hydrogen-bond donors (Lipinski definition) is 2. The maximum Gasteiger partial charge on any atom is 0.240 e. The lowest BCUT2D eigenvalue weighted by molar-refractivity contribution is 0.294. The maximum absolute atomic E-state index is 6.00. The molecule has 17 heavy (non-hydrogen) atoms. The highest BCUT2D eigenvalue weighted by atomic mass is 35.5. The summed E-state index contributed by atoms with van der Waals surface area (Å²) in [7, 11) is 0. The van der Waals surface area contributed by atoms with Gasteiger partial charge in [0.1, 0.15) is 6.61 Å². The summed E-state index contributed by atoms with van der Waals surface area (Å²) in [5, 5.41) is 0.665. The van der Waals surface area contributed by atoms with Crippen molar-refractivity contribution >= 4 is 17.5 Å². The van der Waals surface area contributed by atoms with E-state index in [2.05, 4.69) is 15.4 Å². The van der Waals surface area contributed by atoms with Crippen molar-refractivity contribution in [2.45, 2.75) is 6.61 Å². The predicted molar refractivity (Wildman–Crippen MR) is 65.6 cm³/mol. The van der Waals surface area contributed by atoms with Gasteiger partial charge in [-0.2, -0.15) is 4.98 Å². The number of aromatic nitrogens is 2. The lowest BCUT2D eigenvalue weighted by atomic mass is 10.2. The highest BCUT2D eigenvalue weighted by molar-refractivity contribution is 6.31. The Hall–Kier alpha value is -1.85. The Kier molecular flexibility index (Phi) is 3.74. The lowest BCUT2D eigenvalue weighted by Crippen LogP contribution is -2.10. The van der Waals surface area contributed by atoms with Crippen molar-refractivity contribution in [1.29, 1.82) is 0 Å². The molecule has 0 atom stereocenters. The van der Waals surface area contributed by atoms with Gasteiger partial charge in [-0.3, -0.25) is 5.43 Å². The first-order valence-corrected chi connectivity index (χ1v) is 5.33. The standard InChI is InChI=1S/C11H11ClN4O/c12-9-4-2-1-3-8(9)7-17-10-5-6-14-11(15-10)16-13/h1-6H,7,13H2,(H,14,15,16). The Morgan fingerprint density at radius 3 is 2.88 bits per heavy atom. The number of nitrogens with zero attached hydrogens (tertiary/aromatic N) is 2. The summed E-state index contributed by atoms with van der Waals surface area (Å²) in [6, 6.07) is 9.13. The van der Waals surface area contributed by atoms with Crippen LogP contribution in [-0.4, -0.2) is 9.97 Å². The van der Waals surface area contributed by atoms with Crippen LogP contribution in [0.1, 0.15) is 5.56 Å². The number of nitrogens with two attached hydrogens (primary N) is 1. The van der Waals surface area contributed by atoms with Gasteiger partial charge in [0.15, 0.2) is 0 Å². The van der Waals surface area contributed by atoms with Crippen LogP contribution in [0.5, 0.6) is 5.88 Å². The van der Waals surface area contributed by atoms with E-state index in [1.54, 1.807) is 12.3 Å². The Labute approximate surface area is 104 Å². The number of ether oxygens (including phenoxy) is 1. The number of nitrogen functional groups attached to an aromatic ring is 1. The zero-order chi connectivity index (χ0) is 12.1. The zero-order valence-electron chi connectivity index (χ0n) is 8.93. The van der Waals surface area contributed by atoms with E-state index >= 15 is 0 Å². The molecule has 0 saturated carbocycles. The molecule has 0 bridgehead atoms. The van der Waals surface area contributed by atoms with Crippen LogP contribution in [0, 0.1) is 0 Å². The fourth-order valence-electron chi connectivity index (χ4n) is 1.26. The Balaban J connectivity index is 2.05. The Morgan fingerprint density at radius 2 is 2.12 bits per heavy atom. The number of halogens is 1. The fourth-order valence-corrected chi connectivity index (χ4v) is 1.45. The van der Waals surface area contributed by atoms with Gasteiger partial charge in [-0.05, 0) is 6.07 Å². The van der Waals surface area contributed by atoms with Crippen molar-refractivity contribution in [2.75, 3.05) is 5.43 Å². The zero-order valence-corrected chi connectivity index (χ0v) is 9.69. The highest BCUT2D eigenvalue weighted by Gasteiger charge is 2.02. The molecule has 0 aliphatic carbocycles. The van der Waals surface area contributed by atoms with Gasteiger partial charge in [0.25, 0.3) is 0 Å². The Bertz CT molecular complexity index is 506. The molecular formula is C11H11ClN4O. The van der Waals surface area contributed by atoms with Gasteiger partial charge < -0.3 is 4.74 Å². The van der Waals surface area contributed by atoms with E-state index < -0.39 is 0 Å². The molecule has 2 aromatic rings. The normalized spacial score (nSPS) is 10.0. The van der Waals surface area contributed by atoms with Crippen molar-refractivity contribution in [2.24, 2.45) is 5.84 Å². The molecule has 5 nitrogen and oxygen atoms in total. The van der Waals surface area contributed by atoms with Gasteiger partial charge in [-0.1, -0.05) is 29.8 Å². The van der Waals surface area contributed by atoms with Crippen molar-refractivity contribution in [3.05, 3.63) is 47.1 Å². The summed E-state index contributed by atoms with van der Waals surface area (Å²) < 4.78 is 5.48. The molecule has 0 amide bonds. The monoisotopic (exact) mass is 250 g/mol. The van der Waals surface area contributed by atoms with E-state index in [0.717, 1.165) is 5.56 Å². The van der Waals surface area contributed by atoms with Crippen molar-refractivity contribution in [3.63, 3.8) is 0 Å². The summed E-state index contributed by atoms with van der Waals surface area (Å²) in [6.07, 6.45) is 1.56. The van der Waals surface area contributed by atoms with Crippen LogP contribution in [0.25, 0.3) is 0 Å². The highest BCUT2D eigenvalue weighted by Crippen LogP contribution is 2.17. The first-order valence-electron chi connectivity index (χ1n) is 4.95. The molecule has 1 heterocycles. The molecule has 1 aromatic carbocycles. The van der Waals surface area contributed by atoms with Gasteiger partial charge in [-0.15, -0.1) is 0 Å². The second-order valence-electron chi connectivity index (χ2n) is 3.24. The number of hydrazine groups is 1. The predicted octanol–water partition coefficient (Wildman–Crippen LogP) is 1.99. The van der Waals surface area contributed by atoms with Gasteiger partial charge in [-0.25, -0.2) is 10.8 Å². The van der Waals surface area contributed by atoms with E-state index in [9.17, 15) is 0 Å². The minimum absolute atomic E-state index is 0.307. The van der Waals surface area contributed by atoms with Crippen molar-refractivity contribution < 1.29 is 4.74 Å². The summed E-state index contributed by atoms with van der Waals surface area (Å²) >= 11 is 6.00. The molecule has 0 saturated heterocycles. The topological polar surface area (TPSA) is 73.1 Å². The van der Waals surface area contributed by atoms with Crippen LogP contribution >= 0.6 is 11.6 Å². The fraction of sp³-hybridized carbons (Fsp3) is 0.0909. The molecule has 3 N–H and O–H groups in total. The smallest absolute Gasteiger partial charge is 0.240 e. The average molecular weight is 251 g/mol. The van der Waals surface area contributed by atoms with E-state index in [1.165, 1.54) is 0 Å². The van der Waals surface area contributed by atoms with E-state index in [-0.39, 0.29) is 0 Å². The van der Waals surface area contributed by atoms with Crippen molar-refractivity contribution in [1.82, 2.24) is 9.97 Å². The third-order valence-electron chi connectivity index (χ3n) is 2.09. The van der Waals surface area contributed by atoms with Crippen LogP contribution in [0.3, 0.4) is 0 Å². The quantitative estimate of drug-likeness (QED) is 0.641. The number of benzene rings is 1. The molecule has 1 aromatic heterocycles. The van der Waals surface area contributed by atoms with Crippen LogP contribution < -0.4 is 16.0 Å². The Morgan fingerprint density at radius 1 is 1.29 bits per heavy atom. The average Bonchev–Trinajstić information content (AvgIpc) is 2.38. The molecule has 0 radical (unpaired) electrons. The van der Waals surface area contributed by atoms with Gasteiger partial charge in [0.2, 0.25) is 11.8 Å². The third-order valence-corrected chi connectivity index (χ3v) is 2.46. The van der Waals surface area contributed by atoms with Crippen molar-refractivity contribution in [3.8, 4) is 5.88 Å². The number of nitrogens with one attached hydrogen (secondary N) is 1. The van der Waals surface area contributed by atoms with Gasteiger partial charge in [0.05, 0.1) is 0 Å². The molecule has 0 aliphatic heterocycles. The van der Waals surface area contributed by atoms with Gasteiger partial charge in [0, 0.05) is 22.8 Å². The van der Waals surface area contributed by atoms with Crippen LogP contribution in [-0.2, 0) is 6.61 Å². The lowest BCUT2D eigenvalue weighted by Gasteiger charge is -2.07. The molecule has 0 aliphatic rings. The number of rotatable bonds is 4. The molecule has 2 rings (SSSR count). The van der Waals surface area contributed by atoms with Crippen LogP contribution in [0.15, 0.2) is 36.5 Å².